The van der Waals surface area contributed by atoms with Gasteiger partial charge in [0.05, 0.1) is 6.20 Å². The van der Waals surface area contributed by atoms with Crippen molar-refractivity contribution in [2.45, 2.75) is 25.9 Å². The van der Waals surface area contributed by atoms with E-state index in [1.54, 1.807) is 30.3 Å². The van der Waals surface area contributed by atoms with E-state index in [4.69, 9.17) is 0 Å². The van der Waals surface area contributed by atoms with Gasteiger partial charge >= 0.3 is 12.1 Å². The first-order valence-corrected chi connectivity index (χ1v) is 10.3. The maximum absolute atomic E-state index is 12.7. The number of hydrogen-bond donors (Lipinski definition) is 1. The molecule has 0 unspecified atom stereocenters. The van der Waals surface area contributed by atoms with Gasteiger partial charge in [-0.1, -0.05) is 12.1 Å². The number of benzene rings is 1. The lowest BCUT2D eigenvalue weighted by molar-refractivity contribution is -0.185. The lowest BCUT2D eigenvalue weighted by Crippen LogP contribution is -2.45. The normalized spacial score (nSPS) is 14.3. The molecule has 33 heavy (non-hydrogen) atoms. The molecular weight excluding hydrogens is 435 g/mol. The highest BCUT2D eigenvalue weighted by molar-refractivity contribution is 5.91. The quantitative estimate of drug-likeness (QED) is 0.635. The molecule has 1 aromatic carbocycles. The Labute approximate surface area is 188 Å². The summed E-state index contributed by atoms with van der Waals surface area (Å²) < 4.78 is 39.8. The zero-order valence-electron chi connectivity index (χ0n) is 18.1. The molecule has 3 aromatic rings. The van der Waals surface area contributed by atoms with Gasteiger partial charge in [0.1, 0.15) is 0 Å². The monoisotopic (exact) mass is 457 g/mol. The number of nitrogens with one attached hydrogen (secondary N) is 1. The summed E-state index contributed by atoms with van der Waals surface area (Å²) in [6, 6.07) is 7.74. The Morgan fingerprint density at radius 3 is 2.58 bits per heavy atom. The SMILES string of the molecule is Cc1cccc(Nc2ncc(-c3cnn(C)c3)c(N=C3CCN(C(=O)C(F)(F)F)CC3)n2)c1. The molecule has 1 aliphatic rings. The van der Waals surface area contributed by atoms with Gasteiger partial charge in [-0.15, -0.1) is 0 Å². The number of hydrogen-bond acceptors (Lipinski definition) is 6. The van der Waals surface area contributed by atoms with E-state index in [0.29, 0.717) is 23.0 Å². The molecule has 4 rings (SSSR count). The van der Waals surface area contributed by atoms with Crippen LogP contribution in [0, 0.1) is 6.92 Å². The molecule has 8 nitrogen and oxygen atoms in total. The van der Waals surface area contributed by atoms with Crippen LogP contribution < -0.4 is 5.32 Å². The van der Waals surface area contributed by atoms with E-state index in [2.05, 4.69) is 25.4 Å². The van der Waals surface area contributed by atoms with Gasteiger partial charge in [0, 0.05) is 67.9 Å². The van der Waals surface area contributed by atoms with Gasteiger partial charge in [-0.2, -0.15) is 23.3 Å². The Morgan fingerprint density at radius 2 is 1.94 bits per heavy atom. The lowest BCUT2D eigenvalue weighted by Gasteiger charge is -2.28. The maximum atomic E-state index is 12.7. The fourth-order valence-electron chi connectivity index (χ4n) is 3.54. The average molecular weight is 457 g/mol. The van der Waals surface area contributed by atoms with Crippen molar-refractivity contribution in [3.8, 4) is 11.1 Å². The number of piperidine rings is 1. The van der Waals surface area contributed by atoms with E-state index in [1.807, 2.05) is 31.2 Å². The predicted octanol–water partition coefficient (Wildman–Crippen LogP) is 4.19. The van der Waals surface area contributed by atoms with Gasteiger partial charge in [0.2, 0.25) is 5.95 Å². The van der Waals surface area contributed by atoms with E-state index in [-0.39, 0.29) is 25.9 Å². The van der Waals surface area contributed by atoms with E-state index in [1.165, 1.54) is 0 Å². The smallest absolute Gasteiger partial charge is 0.334 e. The molecule has 1 fully saturated rings. The summed E-state index contributed by atoms with van der Waals surface area (Å²) >= 11 is 0. The van der Waals surface area contributed by atoms with Crippen molar-refractivity contribution in [1.82, 2.24) is 24.6 Å². The number of halogens is 3. The van der Waals surface area contributed by atoms with Crippen molar-refractivity contribution in [1.29, 1.82) is 0 Å². The number of amides is 1. The second-order valence-corrected chi connectivity index (χ2v) is 7.80. The standard InChI is InChI=1S/C22H22F3N7O/c1-14-4-3-5-17(10-14)29-21-26-12-18(15-11-27-31(2)13-15)19(30-21)28-16-6-8-32(9-7-16)20(33)22(23,24)25/h3-5,10-13H,6-9H2,1-2H3,(H,26,29,30). The molecule has 1 aliphatic heterocycles. The van der Waals surface area contributed by atoms with Crippen LogP contribution in [0.25, 0.3) is 11.1 Å². The number of nitrogens with zero attached hydrogens (tertiary/aromatic N) is 6. The highest BCUT2D eigenvalue weighted by atomic mass is 19.4. The number of carbonyl (C=O) groups is 1. The topological polar surface area (TPSA) is 88.3 Å². The summed E-state index contributed by atoms with van der Waals surface area (Å²) in [7, 11) is 1.79. The largest absolute Gasteiger partial charge is 0.471 e. The molecule has 2 aromatic heterocycles. The number of aliphatic imine (C=N–C) groups is 1. The zero-order chi connectivity index (χ0) is 23.6. The highest BCUT2D eigenvalue weighted by Gasteiger charge is 2.43. The lowest BCUT2D eigenvalue weighted by atomic mass is 10.1. The van der Waals surface area contributed by atoms with E-state index >= 15 is 0 Å². The molecule has 1 N–H and O–H groups in total. The first kappa shape index (κ1) is 22.4. The van der Waals surface area contributed by atoms with Crippen LogP contribution in [0.15, 0.2) is 47.8 Å². The molecule has 0 saturated carbocycles. The summed E-state index contributed by atoms with van der Waals surface area (Å²) in [6.45, 7) is 1.89. The molecule has 11 heteroatoms. The third-order valence-electron chi connectivity index (χ3n) is 5.19. The molecule has 1 amide bonds. The molecule has 0 atom stereocenters. The molecule has 3 heterocycles. The molecular formula is C22H22F3N7O. The van der Waals surface area contributed by atoms with Crippen LogP contribution in [-0.4, -0.2) is 55.5 Å². The molecule has 0 aliphatic carbocycles. The average Bonchev–Trinajstić information content (AvgIpc) is 3.19. The molecule has 0 bridgehead atoms. The van der Waals surface area contributed by atoms with Crippen molar-refractivity contribution < 1.29 is 18.0 Å². The second-order valence-electron chi connectivity index (χ2n) is 7.80. The first-order chi connectivity index (χ1) is 15.7. The second kappa shape index (κ2) is 9.00. The van der Waals surface area contributed by atoms with Crippen LogP contribution in [0.4, 0.5) is 30.6 Å². The fraction of sp³-hybridized carbons (Fsp3) is 0.318. The van der Waals surface area contributed by atoms with Gasteiger partial charge in [0.25, 0.3) is 0 Å². The molecule has 0 spiro atoms. The Morgan fingerprint density at radius 1 is 1.18 bits per heavy atom. The van der Waals surface area contributed by atoms with E-state index in [0.717, 1.165) is 21.7 Å². The minimum atomic E-state index is -4.87. The van der Waals surface area contributed by atoms with Crippen molar-refractivity contribution in [3.63, 3.8) is 0 Å². The summed E-state index contributed by atoms with van der Waals surface area (Å²) in [6.07, 6.45) is 0.716. The molecule has 1 saturated heterocycles. The molecule has 172 valence electrons. The van der Waals surface area contributed by atoms with Crippen LogP contribution in [0.5, 0.6) is 0 Å². The number of rotatable bonds is 4. The predicted molar refractivity (Wildman–Crippen MR) is 118 cm³/mol. The number of aromatic nitrogens is 4. The van der Waals surface area contributed by atoms with E-state index < -0.39 is 12.1 Å². The van der Waals surface area contributed by atoms with Crippen LogP contribution in [-0.2, 0) is 11.8 Å². The molecule has 0 radical (unpaired) electrons. The Balaban J connectivity index is 1.61. The van der Waals surface area contributed by atoms with Crippen molar-refractivity contribution in [3.05, 3.63) is 48.4 Å². The van der Waals surface area contributed by atoms with Crippen LogP contribution in [0.1, 0.15) is 18.4 Å². The minimum absolute atomic E-state index is 0.0428. The van der Waals surface area contributed by atoms with Gasteiger partial charge < -0.3 is 10.2 Å². The van der Waals surface area contributed by atoms with Crippen LogP contribution >= 0.6 is 0 Å². The third kappa shape index (κ3) is 5.36. The van der Waals surface area contributed by atoms with Crippen LogP contribution in [0.3, 0.4) is 0 Å². The van der Waals surface area contributed by atoms with Gasteiger partial charge in [-0.3, -0.25) is 9.48 Å². The Hall–Kier alpha value is -3.76. The number of anilines is 2. The number of aryl methyl sites for hydroxylation is 2. The zero-order valence-corrected chi connectivity index (χ0v) is 18.1. The number of carbonyl (C=O) groups excluding carboxylic acids is 1. The van der Waals surface area contributed by atoms with Gasteiger partial charge in [0.15, 0.2) is 5.82 Å². The van der Waals surface area contributed by atoms with Crippen molar-refractivity contribution in [2.24, 2.45) is 12.0 Å². The minimum Gasteiger partial charge on any atom is -0.334 e. The first-order valence-electron chi connectivity index (χ1n) is 10.3. The third-order valence-corrected chi connectivity index (χ3v) is 5.19. The number of likely N-dealkylation sites (tertiary alicyclic amines) is 1. The van der Waals surface area contributed by atoms with Gasteiger partial charge in [-0.05, 0) is 24.6 Å². The van der Waals surface area contributed by atoms with Crippen molar-refractivity contribution in [2.75, 3.05) is 18.4 Å². The van der Waals surface area contributed by atoms with Gasteiger partial charge in [-0.25, -0.2) is 9.98 Å². The number of alkyl halides is 3. The Kier molecular flexibility index (Phi) is 6.12. The van der Waals surface area contributed by atoms with Crippen molar-refractivity contribution >= 4 is 29.1 Å². The van der Waals surface area contributed by atoms with E-state index in [9.17, 15) is 18.0 Å². The summed E-state index contributed by atoms with van der Waals surface area (Å²) in [5, 5.41) is 7.33. The summed E-state index contributed by atoms with van der Waals surface area (Å²) in [5.41, 5.74) is 3.99. The maximum Gasteiger partial charge on any atom is 0.471 e. The Bertz CT molecular complexity index is 1190. The van der Waals surface area contributed by atoms with Crippen LogP contribution in [0.2, 0.25) is 0 Å². The summed E-state index contributed by atoms with van der Waals surface area (Å²) in [5.74, 6) is -1.08. The summed E-state index contributed by atoms with van der Waals surface area (Å²) in [4.78, 5) is 25.9. The highest BCUT2D eigenvalue weighted by Crippen LogP contribution is 2.30. The fourth-order valence-corrected chi connectivity index (χ4v) is 3.54.